The van der Waals surface area contributed by atoms with Crippen LogP contribution in [-0.2, 0) is 14.3 Å². The molecule has 9 nitrogen and oxygen atoms in total. The van der Waals surface area contributed by atoms with E-state index >= 15 is 0 Å². The first kappa shape index (κ1) is 68.9. The minimum Gasteiger partial charge on any atom is -0.394 e. The van der Waals surface area contributed by atoms with E-state index in [2.05, 4.69) is 67.8 Å². The third kappa shape index (κ3) is 42.7. The molecule has 1 aliphatic heterocycles. The predicted octanol–water partition coefficient (Wildman–Crippen LogP) is 15.9. The van der Waals surface area contributed by atoms with Gasteiger partial charge in [0.15, 0.2) is 6.29 Å². The van der Waals surface area contributed by atoms with Gasteiger partial charge in [0, 0.05) is 6.42 Å². The molecule has 0 aromatic rings. The molecule has 73 heavy (non-hydrogen) atoms. The number of aliphatic hydroxyl groups excluding tert-OH is 5. The standard InChI is InChI=1S/C64H117NO8/c1-3-5-7-9-11-13-15-17-19-21-23-24-25-26-27-28-29-30-31-32-33-34-35-36-37-39-41-43-45-47-49-51-53-58(67)57(56-72-64-63(71)62(70)61(69)59(55-66)73-64)65-60(68)54-52-50-48-46-44-42-40-38-22-20-18-16-14-12-10-8-6-4-2/h14,16,20,22,36-37,43,45,51,53,57-59,61-64,66-67,69-71H,3-13,15,17-19,21,23-35,38-42,44,46-50,52,54-56H2,1-2H3,(H,65,68)/b16-14-,22-20-,37-36+,45-43+,53-51+. The number of amides is 1. The molecule has 7 unspecified atom stereocenters. The number of carbonyl (C=O) groups excluding carboxylic acids is 1. The maximum Gasteiger partial charge on any atom is 0.220 e. The number of aliphatic hydroxyl groups is 5. The molecule has 1 amide bonds. The smallest absolute Gasteiger partial charge is 0.220 e. The van der Waals surface area contributed by atoms with Gasteiger partial charge in [-0.05, 0) is 77.0 Å². The number of nitrogens with one attached hydrogen (secondary N) is 1. The molecule has 0 aromatic heterocycles. The van der Waals surface area contributed by atoms with Crippen LogP contribution in [0.2, 0.25) is 0 Å². The van der Waals surface area contributed by atoms with Crippen LogP contribution < -0.4 is 5.32 Å². The number of rotatable bonds is 53. The van der Waals surface area contributed by atoms with Crippen molar-refractivity contribution in [2.45, 2.75) is 326 Å². The highest BCUT2D eigenvalue weighted by molar-refractivity contribution is 5.76. The van der Waals surface area contributed by atoms with Gasteiger partial charge < -0.3 is 40.3 Å². The van der Waals surface area contributed by atoms with E-state index in [-0.39, 0.29) is 12.5 Å². The zero-order valence-corrected chi connectivity index (χ0v) is 47.4. The fourth-order valence-corrected chi connectivity index (χ4v) is 9.63. The van der Waals surface area contributed by atoms with Gasteiger partial charge in [-0.2, -0.15) is 0 Å². The summed E-state index contributed by atoms with van der Waals surface area (Å²) in [6, 6.07) is -0.836. The molecule has 0 aliphatic carbocycles. The molecular weight excluding hydrogens is 911 g/mol. The van der Waals surface area contributed by atoms with Crippen molar-refractivity contribution in [1.29, 1.82) is 0 Å². The Morgan fingerprint density at radius 1 is 0.466 bits per heavy atom. The van der Waals surface area contributed by atoms with Crippen molar-refractivity contribution >= 4 is 5.91 Å². The van der Waals surface area contributed by atoms with Crippen LogP contribution in [0.3, 0.4) is 0 Å². The van der Waals surface area contributed by atoms with Crippen molar-refractivity contribution in [2.75, 3.05) is 13.2 Å². The number of carbonyl (C=O) groups is 1. The Labute approximate surface area is 449 Å². The van der Waals surface area contributed by atoms with Crippen molar-refractivity contribution < 1.29 is 39.8 Å². The molecule has 1 aliphatic rings. The van der Waals surface area contributed by atoms with Gasteiger partial charge in [0.2, 0.25) is 5.91 Å². The first-order valence-corrected chi connectivity index (χ1v) is 31.0. The molecule has 1 rings (SSSR count). The minimum atomic E-state index is -1.58. The van der Waals surface area contributed by atoms with Gasteiger partial charge in [-0.25, -0.2) is 0 Å². The van der Waals surface area contributed by atoms with Crippen molar-refractivity contribution in [2.24, 2.45) is 0 Å². The number of unbranched alkanes of at least 4 members (excludes halogenated alkanes) is 35. The lowest BCUT2D eigenvalue weighted by Crippen LogP contribution is -2.60. The molecule has 0 saturated carbocycles. The van der Waals surface area contributed by atoms with E-state index in [1.165, 1.54) is 199 Å². The Balaban J connectivity index is 2.21. The monoisotopic (exact) mass is 1030 g/mol. The third-order valence-electron chi connectivity index (χ3n) is 14.5. The van der Waals surface area contributed by atoms with E-state index in [4.69, 9.17) is 9.47 Å². The van der Waals surface area contributed by atoms with E-state index in [0.717, 1.165) is 64.2 Å². The number of hydrogen-bond donors (Lipinski definition) is 6. The highest BCUT2D eigenvalue weighted by atomic mass is 16.7. The Morgan fingerprint density at radius 2 is 0.822 bits per heavy atom. The van der Waals surface area contributed by atoms with Crippen LogP contribution in [0, 0.1) is 0 Å². The molecule has 426 valence electrons. The topological polar surface area (TPSA) is 149 Å². The normalized spacial score (nSPS) is 19.5. The molecule has 7 atom stereocenters. The molecular formula is C64H117NO8. The molecule has 1 saturated heterocycles. The van der Waals surface area contributed by atoms with E-state index in [0.29, 0.717) is 6.42 Å². The SMILES string of the molecule is CCCCCC/C=C\C/C=C\CCCCCCCCCC(=O)NC(COC1OC(CO)C(O)C(O)C1O)C(O)/C=C/CC/C=C/CC/C=C/CCCCCCCCCCCCCCCCCCCCCCCC. The minimum absolute atomic E-state index is 0.198. The van der Waals surface area contributed by atoms with E-state index in [1.807, 2.05) is 6.08 Å². The molecule has 0 aromatic carbocycles. The van der Waals surface area contributed by atoms with Crippen LogP contribution in [0.4, 0.5) is 0 Å². The van der Waals surface area contributed by atoms with E-state index in [1.54, 1.807) is 6.08 Å². The molecule has 9 heteroatoms. The number of ether oxygens (including phenoxy) is 2. The Kier molecular flexibility index (Phi) is 50.3. The average Bonchev–Trinajstić information content (AvgIpc) is 3.39. The summed E-state index contributed by atoms with van der Waals surface area (Å²) in [6.45, 7) is 3.76. The van der Waals surface area contributed by atoms with Gasteiger partial charge in [-0.15, -0.1) is 0 Å². The fourth-order valence-electron chi connectivity index (χ4n) is 9.63. The molecule has 1 heterocycles. The summed E-state index contributed by atoms with van der Waals surface area (Å²) in [5, 5.41) is 54.5. The summed E-state index contributed by atoms with van der Waals surface area (Å²) in [5.41, 5.74) is 0. The Bertz CT molecular complexity index is 1330. The highest BCUT2D eigenvalue weighted by Gasteiger charge is 2.44. The summed E-state index contributed by atoms with van der Waals surface area (Å²) in [4.78, 5) is 13.0. The van der Waals surface area contributed by atoms with Crippen molar-refractivity contribution in [1.82, 2.24) is 5.32 Å². The second kappa shape index (κ2) is 53.3. The van der Waals surface area contributed by atoms with Gasteiger partial charge in [0.05, 0.1) is 25.4 Å². The maximum atomic E-state index is 13.0. The zero-order valence-electron chi connectivity index (χ0n) is 47.4. The molecule has 0 spiro atoms. The average molecular weight is 1030 g/mol. The van der Waals surface area contributed by atoms with Crippen LogP contribution in [0.5, 0.6) is 0 Å². The van der Waals surface area contributed by atoms with Crippen LogP contribution in [0.15, 0.2) is 60.8 Å². The van der Waals surface area contributed by atoms with Crippen LogP contribution in [-0.4, -0.2) is 87.5 Å². The van der Waals surface area contributed by atoms with Gasteiger partial charge in [0.1, 0.15) is 24.4 Å². The lowest BCUT2D eigenvalue weighted by atomic mass is 9.99. The molecule has 1 fully saturated rings. The van der Waals surface area contributed by atoms with E-state index < -0.39 is 49.5 Å². The third-order valence-corrected chi connectivity index (χ3v) is 14.5. The van der Waals surface area contributed by atoms with Gasteiger partial charge in [-0.1, -0.05) is 261 Å². The van der Waals surface area contributed by atoms with Gasteiger partial charge in [-0.3, -0.25) is 4.79 Å². The first-order valence-electron chi connectivity index (χ1n) is 31.0. The lowest BCUT2D eigenvalue weighted by molar-refractivity contribution is -0.302. The molecule has 6 N–H and O–H groups in total. The van der Waals surface area contributed by atoms with Crippen LogP contribution in [0.25, 0.3) is 0 Å². The van der Waals surface area contributed by atoms with Crippen molar-refractivity contribution in [3.8, 4) is 0 Å². The summed E-state index contributed by atoms with van der Waals surface area (Å²) >= 11 is 0. The number of hydrogen-bond acceptors (Lipinski definition) is 8. The first-order chi connectivity index (χ1) is 35.8. The summed E-state index contributed by atoms with van der Waals surface area (Å²) in [5.74, 6) is -0.198. The molecule has 0 radical (unpaired) electrons. The quantitative estimate of drug-likeness (QED) is 0.0261. The van der Waals surface area contributed by atoms with Crippen molar-refractivity contribution in [3.05, 3.63) is 60.8 Å². The second-order valence-corrected chi connectivity index (χ2v) is 21.5. The molecule has 0 bridgehead atoms. The second-order valence-electron chi connectivity index (χ2n) is 21.5. The summed E-state index contributed by atoms with van der Waals surface area (Å²) in [6.07, 6.45) is 66.0. The largest absolute Gasteiger partial charge is 0.394 e. The van der Waals surface area contributed by atoms with E-state index in [9.17, 15) is 30.3 Å². The fraction of sp³-hybridized carbons (Fsp3) is 0.828. The summed E-state index contributed by atoms with van der Waals surface area (Å²) in [7, 11) is 0. The lowest BCUT2D eigenvalue weighted by Gasteiger charge is -2.40. The van der Waals surface area contributed by atoms with Gasteiger partial charge >= 0.3 is 0 Å². The van der Waals surface area contributed by atoms with Crippen LogP contribution >= 0.6 is 0 Å². The Hall–Kier alpha value is -2.11. The van der Waals surface area contributed by atoms with Crippen LogP contribution in [0.1, 0.15) is 284 Å². The number of allylic oxidation sites excluding steroid dienone is 9. The maximum absolute atomic E-state index is 13.0. The predicted molar refractivity (Wildman–Crippen MR) is 309 cm³/mol. The highest BCUT2D eigenvalue weighted by Crippen LogP contribution is 2.23. The Morgan fingerprint density at radius 3 is 1.25 bits per heavy atom. The summed E-state index contributed by atoms with van der Waals surface area (Å²) < 4.78 is 11.3. The van der Waals surface area contributed by atoms with Crippen molar-refractivity contribution in [3.63, 3.8) is 0 Å². The zero-order chi connectivity index (χ0) is 52.9. The van der Waals surface area contributed by atoms with Gasteiger partial charge in [0.25, 0.3) is 0 Å².